The molecule has 0 aliphatic rings. The topological polar surface area (TPSA) is 43.1 Å². The molecular formula is C13H16F3NO. The first-order chi connectivity index (χ1) is 8.18. The first kappa shape index (κ1) is 14.7. The van der Waals surface area contributed by atoms with Gasteiger partial charge in [0.15, 0.2) is 11.3 Å². The third-order valence-electron chi connectivity index (χ3n) is 2.96. The fraction of sp³-hybridized carbons (Fsp3) is 0.462. The van der Waals surface area contributed by atoms with E-state index in [0.717, 1.165) is 12.0 Å². The number of hydrogen-bond acceptors (Lipinski definition) is 2. The number of aryl methyl sites for hydroxylation is 1. The van der Waals surface area contributed by atoms with Gasteiger partial charge in [0, 0.05) is 6.42 Å². The lowest BCUT2D eigenvalue weighted by Crippen LogP contribution is -2.57. The molecule has 0 aromatic heterocycles. The van der Waals surface area contributed by atoms with Crippen LogP contribution in [0.4, 0.5) is 13.2 Å². The Morgan fingerprint density at radius 1 is 1.17 bits per heavy atom. The van der Waals surface area contributed by atoms with Crippen molar-refractivity contribution >= 4 is 5.78 Å². The Hall–Kier alpha value is -1.36. The van der Waals surface area contributed by atoms with Gasteiger partial charge in [0.25, 0.3) is 0 Å². The summed E-state index contributed by atoms with van der Waals surface area (Å²) in [5, 5.41) is 0. The number of carbonyl (C=O) groups excluding carboxylic acids is 1. The van der Waals surface area contributed by atoms with Crippen LogP contribution in [-0.2, 0) is 17.6 Å². The summed E-state index contributed by atoms with van der Waals surface area (Å²) >= 11 is 0. The van der Waals surface area contributed by atoms with Gasteiger partial charge in [-0.3, -0.25) is 4.79 Å². The van der Waals surface area contributed by atoms with Crippen LogP contribution in [0.5, 0.6) is 0 Å². The quantitative estimate of drug-likeness (QED) is 0.903. The van der Waals surface area contributed by atoms with Crippen molar-refractivity contribution < 1.29 is 18.0 Å². The third-order valence-corrected chi connectivity index (χ3v) is 2.96. The van der Waals surface area contributed by atoms with Gasteiger partial charge in [-0.1, -0.05) is 31.2 Å². The largest absolute Gasteiger partial charge is 0.413 e. The number of hydrogen-bond donors (Lipinski definition) is 1. The van der Waals surface area contributed by atoms with Crippen LogP contribution in [0.15, 0.2) is 24.3 Å². The minimum atomic E-state index is -4.73. The van der Waals surface area contributed by atoms with E-state index in [1.165, 1.54) is 0 Å². The number of carbonyl (C=O) groups is 1. The molecule has 5 heteroatoms. The molecular weight excluding hydrogens is 243 g/mol. The summed E-state index contributed by atoms with van der Waals surface area (Å²) in [5.74, 6) is -1.03. The lowest BCUT2D eigenvalue weighted by atomic mass is 9.92. The van der Waals surface area contributed by atoms with E-state index in [1.807, 2.05) is 6.92 Å². The Morgan fingerprint density at radius 3 is 2.00 bits per heavy atom. The van der Waals surface area contributed by atoms with Crippen molar-refractivity contribution in [3.8, 4) is 0 Å². The van der Waals surface area contributed by atoms with Crippen LogP contribution in [0.1, 0.15) is 25.0 Å². The highest BCUT2D eigenvalue weighted by Gasteiger charge is 2.53. The summed E-state index contributed by atoms with van der Waals surface area (Å²) in [6.45, 7) is 2.68. The summed E-state index contributed by atoms with van der Waals surface area (Å²) in [6, 6.07) is 6.90. The van der Waals surface area contributed by atoms with Gasteiger partial charge in [-0.05, 0) is 24.5 Å². The monoisotopic (exact) mass is 259 g/mol. The second-order valence-electron chi connectivity index (χ2n) is 4.47. The number of ketones is 1. The maximum Gasteiger partial charge on any atom is 0.413 e. The maximum atomic E-state index is 12.6. The average Bonchev–Trinajstić information content (AvgIpc) is 2.28. The van der Waals surface area contributed by atoms with Crippen molar-refractivity contribution in [1.29, 1.82) is 0 Å². The van der Waals surface area contributed by atoms with Crippen LogP contribution in [0, 0.1) is 0 Å². The zero-order chi connectivity index (χ0) is 14.0. The SMILES string of the molecule is CCc1ccc(CC(=O)C(C)(N)C(F)(F)F)cc1. The smallest absolute Gasteiger partial charge is 0.312 e. The fourth-order valence-electron chi connectivity index (χ4n) is 1.42. The van der Waals surface area contributed by atoms with Crippen LogP contribution in [-0.4, -0.2) is 17.5 Å². The van der Waals surface area contributed by atoms with Crippen molar-refractivity contribution in [3.63, 3.8) is 0 Å². The van der Waals surface area contributed by atoms with Crippen molar-refractivity contribution in [1.82, 2.24) is 0 Å². The van der Waals surface area contributed by atoms with Gasteiger partial charge in [0.05, 0.1) is 0 Å². The lowest BCUT2D eigenvalue weighted by molar-refractivity contribution is -0.185. The van der Waals surface area contributed by atoms with Gasteiger partial charge in [-0.15, -0.1) is 0 Å². The molecule has 0 amide bonds. The highest BCUT2D eigenvalue weighted by Crippen LogP contribution is 2.29. The van der Waals surface area contributed by atoms with E-state index in [-0.39, 0.29) is 6.42 Å². The van der Waals surface area contributed by atoms with E-state index in [4.69, 9.17) is 5.73 Å². The second kappa shape index (κ2) is 5.10. The number of nitrogens with two attached hydrogens (primary N) is 1. The Morgan fingerprint density at radius 2 is 1.61 bits per heavy atom. The Labute approximate surface area is 104 Å². The molecule has 0 aliphatic heterocycles. The summed E-state index contributed by atoms with van der Waals surface area (Å²) < 4.78 is 37.7. The van der Waals surface area contributed by atoms with Crippen LogP contribution in [0.25, 0.3) is 0 Å². The molecule has 0 heterocycles. The van der Waals surface area contributed by atoms with Crippen LogP contribution >= 0.6 is 0 Å². The van der Waals surface area contributed by atoms with E-state index in [0.29, 0.717) is 12.5 Å². The standard InChI is InChI=1S/C13H16F3NO/c1-3-9-4-6-10(7-5-9)8-11(18)12(2,17)13(14,15)16/h4-7H,3,8,17H2,1-2H3. The molecule has 0 spiro atoms. The highest BCUT2D eigenvalue weighted by molar-refractivity contribution is 5.90. The Kier molecular flexibility index (Phi) is 4.16. The molecule has 1 atom stereocenters. The molecule has 0 saturated carbocycles. The molecule has 1 rings (SSSR count). The minimum Gasteiger partial charge on any atom is -0.312 e. The normalized spacial score (nSPS) is 15.2. The van der Waals surface area contributed by atoms with E-state index < -0.39 is 17.5 Å². The molecule has 0 bridgehead atoms. The molecule has 1 aromatic rings. The summed E-state index contributed by atoms with van der Waals surface area (Å²) in [5.41, 5.74) is 3.88. The van der Waals surface area contributed by atoms with Crippen molar-refractivity contribution in [3.05, 3.63) is 35.4 Å². The minimum absolute atomic E-state index is 0.309. The summed E-state index contributed by atoms with van der Waals surface area (Å²) in [7, 11) is 0. The zero-order valence-electron chi connectivity index (χ0n) is 10.3. The Balaban J connectivity index is 2.81. The van der Waals surface area contributed by atoms with Gasteiger partial charge < -0.3 is 5.73 Å². The zero-order valence-corrected chi connectivity index (χ0v) is 10.3. The van der Waals surface area contributed by atoms with Gasteiger partial charge in [0.1, 0.15) is 0 Å². The average molecular weight is 259 g/mol. The first-order valence-electron chi connectivity index (χ1n) is 5.65. The van der Waals surface area contributed by atoms with Gasteiger partial charge >= 0.3 is 6.18 Å². The molecule has 2 nitrogen and oxygen atoms in total. The van der Waals surface area contributed by atoms with Crippen molar-refractivity contribution in [2.75, 3.05) is 0 Å². The number of benzene rings is 1. The number of Topliss-reactive ketones (excluding diaryl/α,β-unsaturated/α-hetero) is 1. The fourth-order valence-corrected chi connectivity index (χ4v) is 1.42. The molecule has 0 saturated heterocycles. The van der Waals surface area contributed by atoms with Gasteiger partial charge in [0.2, 0.25) is 0 Å². The molecule has 0 radical (unpaired) electrons. The predicted octanol–water partition coefficient (Wildman–Crippen LogP) is 2.64. The summed E-state index contributed by atoms with van der Waals surface area (Å²) in [6.07, 6.45) is -4.20. The highest BCUT2D eigenvalue weighted by atomic mass is 19.4. The molecule has 1 unspecified atom stereocenters. The molecule has 1 aromatic carbocycles. The van der Waals surface area contributed by atoms with Gasteiger partial charge in [-0.25, -0.2) is 0 Å². The van der Waals surface area contributed by atoms with Crippen LogP contribution in [0.3, 0.4) is 0 Å². The van der Waals surface area contributed by atoms with Crippen LogP contribution in [0.2, 0.25) is 0 Å². The summed E-state index contributed by atoms with van der Waals surface area (Å²) in [4.78, 5) is 11.6. The van der Waals surface area contributed by atoms with E-state index >= 15 is 0 Å². The molecule has 0 aliphatic carbocycles. The number of rotatable bonds is 4. The maximum absolute atomic E-state index is 12.6. The number of alkyl halides is 3. The second-order valence-corrected chi connectivity index (χ2v) is 4.47. The van der Waals surface area contributed by atoms with Gasteiger partial charge in [-0.2, -0.15) is 13.2 Å². The number of halogens is 3. The van der Waals surface area contributed by atoms with Crippen molar-refractivity contribution in [2.45, 2.75) is 38.4 Å². The molecule has 18 heavy (non-hydrogen) atoms. The lowest BCUT2D eigenvalue weighted by Gasteiger charge is -2.25. The van der Waals surface area contributed by atoms with E-state index in [2.05, 4.69) is 0 Å². The predicted molar refractivity (Wildman–Crippen MR) is 63.2 cm³/mol. The first-order valence-corrected chi connectivity index (χ1v) is 5.65. The third kappa shape index (κ3) is 3.10. The molecule has 100 valence electrons. The molecule has 2 N–H and O–H groups in total. The van der Waals surface area contributed by atoms with E-state index in [9.17, 15) is 18.0 Å². The van der Waals surface area contributed by atoms with Crippen molar-refractivity contribution in [2.24, 2.45) is 5.73 Å². The molecule has 0 fully saturated rings. The Bertz CT molecular complexity index is 421. The van der Waals surface area contributed by atoms with E-state index in [1.54, 1.807) is 24.3 Å². The van der Waals surface area contributed by atoms with Crippen LogP contribution < -0.4 is 5.73 Å².